The minimum Gasteiger partial charge on any atom is -0.492 e. The third kappa shape index (κ3) is 4.24. The van der Waals surface area contributed by atoms with Crippen molar-refractivity contribution in [2.45, 2.75) is 0 Å². The molecular weight excluding hydrogens is 314 g/mol. The molecule has 0 spiro atoms. The highest BCUT2D eigenvalue weighted by Crippen LogP contribution is 2.16. The predicted octanol–water partition coefficient (Wildman–Crippen LogP) is 4.59. The Balaban J connectivity index is 1.73. The second-order valence-corrected chi connectivity index (χ2v) is 5.09. The molecule has 2 aromatic rings. The Hall–Kier alpha value is -1.19. The molecule has 18 heavy (non-hydrogen) atoms. The van der Waals surface area contributed by atoms with Gasteiger partial charge in [0.15, 0.2) is 0 Å². The molecule has 0 unspecified atom stereocenters. The quantitative estimate of drug-likeness (QED) is 0.811. The highest BCUT2D eigenvalue weighted by molar-refractivity contribution is 9.10. The number of hydrogen-bond acceptors (Lipinski definition) is 2. The van der Waals surface area contributed by atoms with Crippen LogP contribution in [-0.2, 0) is 0 Å². The maximum absolute atomic E-state index is 5.81. The molecule has 0 aromatic heterocycles. The highest BCUT2D eigenvalue weighted by Gasteiger charge is 1.95. The van der Waals surface area contributed by atoms with Crippen LogP contribution in [0.15, 0.2) is 53.0 Å². The van der Waals surface area contributed by atoms with E-state index in [0.717, 1.165) is 27.5 Å². The number of rotatable bonds is 5. The van der Waals surface area contributed by atoms with Gasteiger partial charge in [0.05, 0.1) is 0 Å². The molecule has 0 saturated carbocycles. The van der Waals surface area contributed by atoms with Crippen molar-refractivity contribution in [1.82, 2.24) is 0 Å². The first-order valence-electron chi connectivity index (χ1n) is 5.62. The van der Waals surface area contributed by atoms with Gasteiger partial charge in [0, 0.05) is 21.7 Å². The van der Waals surface area contributed by atoms with E-state index in [-0.39, 0.29) is 0 Å². The van der Waals surface area contributed by atoms with Crippen LogP contribution in [0.3, 0.4) is 0 Å². The topological polar surface area (TPSA) is 21.3 Å². The highest BCUT2D eigenvalue weighted by atomic mass is 79.9. The largest absolute Gasteiger partial charge is 0.492 e. The monoisotopic (exact) mass is 325 g/mol. The summed E-state index contributed by atoms with van der Waals surface area (Å²) >= 11 is 9.19. The van der Waals surface area contributed by atoms with E-state index in [2.05, 4.69) is 21.2 Å². The van der Waals surface area contributed by atoms with Crippen molar-refractivity contribution >= 4 is 33.2 Å². The molecule has 0 aliphatic rings. The van der Waals surface area contributed by atoms with Gasteiger partial charge in [-0.2, -0.15) is 0 Å². The molecule has 0 bridgehead atoms. The van der Waals surface area contributed by atoms with Crippen LogP contribution in [0.1, 0.15) is 0 Å². The fourth-order valence-electron chi connectivity index (χ4n) is 1.46. The molecule has 2 rings (SSSR count). The van der Waals surface area contributed by atoms with E-state index in [4.69, 9.17) is 16.3 Å². The van der Waals surface area contributed by atoms with E-state index in [0.29, 0.717) is 6.61 Å². The van der Waals surface area contributed by atoms with Crippen molar-refractivity contribution in [3.05, 3.63) is 58.0 Å². The van der Waals surface area contributed by atoms with Gasteiger partial charge in [-0.15, -0.1) is 0 Å². The van der Waals surface area contributed by atoms with Crippen LogP contribution in [-0.4, -0.2) is 13.2 Å². The average molecular weight is 327 g/mol. The standard InChI is InChI=1S/C14H13BrClNO/c15-11-1-7-14(8-2-11)18-10-9-17-13-5-3-12(16)4-6-13/h1-8,17H,9-10H2. The third-order valence-electron chi connectivity index (χ3n) is 2.36. The number of nitrogens with one attached hydrogen (secondary N) is 1. The fraction of sp³-hybridized carbons (Fsp3) is 0.143. The van der Waals surface area contributed by atoms with Gasteiger partial charge in [-0.1, -0.05) is 27.5 Å². The Bertz CT molecular complexity index is 437. The first-order chi connectivity index (χ1) is 8.74. The summed E-state index contributed by atoms with van der Waals surface area (Å²) in [6.07, 6.45) is 0. The van der Waals surface area contributed by atoms with Crippen molar-refractivity contribution in [2.75, 3.05) is 18.5 Å². The number of ether oxygens (including phenoxy) is 1. The lowest BCUT2D eigenvalue weighted by Crippen LogP contribution is -2.11. The summed E-state index contributed by atoms with van der Waals surface area (Å²) in [6.45, 7) is 1.36. The van der Waals surface area contributed by atoms with Gasteiger partial charge in [-0.3, -0.25) is 0 Å². The van der Waals surface area contributed by atoms with E-state index >= 15 is 0 Å². The van der Waals surface area contributed by atoms with E-state index in [1.54, 1.807) is 0 Å². The minimum absolute atomic E-state index is 0.615. The molecule has 0 amide bonds. The van der Waals surface area contributed by atoms with E-state index in [1.807, 2.05) is 48.5 Å². The average Bonchev–Trinajstić information content (AvgIpc) is 2.39. The van der Waals surface area contributed by atoms with E-state index in [9.17, 15) is 0 Å². The summed E-state index contributed by atoms with van der Waals surface area (Å²) in [6, 6.07) is 15.4. The normalized spacial score (nSPS) is 10.1. The first kappa shape index (κ1) is 13.2. The van der Waals surface area contributed by atoms with Crippen LogP contribution in [0.5, 0.6) is 5.75 Å². The number of halogens is 2. The summed E-state index contributed by atoms with van der Waals surface area (Å²) in [5, 5.41) is 4.00. The Morgan fingerprint density at radius 2 is 1.67 bits per heavy atom. The zero-order valence-corrected chi connectivity index (χ0v) is 12.0. The molecular formula is C14H13BrClNO. The second-order valence-electron chi connectivity index (χ2n) is 3.74. The van der Waals surface area contributed by atoms with Crippen molar-refractivity contribution in [3.63, 3.8) is 0 Å². The van der Waals surface area contributed by atoms with Crippen LogP contribution >= 0.6 is 27.5 Å². The Kier molecular flexibility index (Phi) is 4.90. The molecule has 0 saturated heterocycles. The van der Waals surface area contributed by atoms with Gasteiger partial charge in [0.25, 0.3) is 0 Å². The van der Waals surface area contributed by atoms with Crippen molar-refractivity contribution < 1.29 is 4.74 Å². The van der Waals surface area contributed by atoms with Gasteiger partial charge in [0.1, 0.15) is 12.4 Å². The van der Waals surface area contributed by atoms with E-state index in [1.165, 1.54) is 0 Å². The van der Waals surface area contributed by atoms with Gasteiger partial charge < -0.3 is 10.1 Å². The van der Waals surface area contributed by atoms with Gasteiger partial charge in [-0.05, 0) is 48.5 Å². The van der Waals surface area contributed by atoms with Gasteiger partial charge in [-0.25, -0.2) is 0 Å². The van der Waals surface area contributed by atoms with E-state index < -0.39 is 0 Å². The van der Waals surface area contributed by atoms with Crippen LogP contribution < -0.4 is 10.1 Å². The molecule has 0 heterocycles. The minimum atomic E-state index is 0.615. The van der Waals surface area contributed by atoms with Crippen molar-refractivity contribution in [3.8, 4) is 5.75 Å². The van der Waals surface area contributed by atoms with Crippen LogP contribution in [0.2, 0.25) is 5.02 Å². The summed E-state index contributed by atoms with van der Waals surface area (Å²) in [4.78, 5) is 0. The number of hydrogen-bond donors (Lipinski definition) is 1. The van der Waals surface area contributed by atoms with Crippen LogP contribution in [0.25, 0.3) is 0 Å². The molecule has 0 aliphatic heterocycles. The fourth-order valence-corrected chi connectivity index (χ4v) is 1.85. The molecule has 0 radical (unpaired) electrons. The lowest BCUT2D eigenvalue weighted by Gasteiger charge is -2.08. The van der Waals surface area contributed by atoms with Crippen LogP contribution in [0.4, 0.5) is 5.69 Å². The molecule has 1 N–H and O–H groups in total. The summed E-state index contributed by atoms with van der Waals surface area (Å²) in [5.74, 6) is 0.871. The molecule has 2 aromatic carbocycles. The summed E-state index contributed by atoms with van der Waals surface area (Å²) < 4.78 is 6.65. The number of benzene rings is 2. The third-order valence-corrected chi connectivity index (χ3v) is 3.14. The van der Waals surface area contributed by atoms with Gasteiger partial charge >= 0.3 is 0 Å². The van der Waals surface area contributed by atoms with Crippen LogP contribution in [0, 0.1) is 0 Å². The zero-order chi connectivity index (χ0) is 12.8. The Morgan fingerprint density at radius 3 is 2.33 bits per heavy atom. The maximum Gasteiger partial charge on any atom is 0.119 e. The molecule has 0 fully saturated rings. The summed E-state index contributed by atoms with van der Waals surface area (Å²) in [7, 11) is 0. The maximum atomic E-state index is 5.81. The second kappa shape index (κ2) is 6.66. The lowest BCUT2D eigenvalue weighted by atomic mass is 10.3. The van der Waals surface area contributed by atoms with Gasteiger partial charge in [0.2, 0.25) is 0 Å². The molecule has 0 aliphatic carbocycles. The SMILES string of the molecule is Clc1ccc(NCCOc2ccc(Br)cc2)cc1. The molecule has 0 atom stereocenters. The van der Waals surface area contributed by atoms with Crippen molar-refractivity contribution in [1.29, 1.82) is 0 Å². The van der Waals surface area contributed by atoms with Crippen molar-refractivity contribution in [2.24, 2.45) is 0 Å². The number of anilines is 1. The molecule has 4 heteroatoms. The summed E-state index contributed by atoms with van der Waals surface area (Å²) in [5.41, 5.74) is 1.04. The Labute approximate surface area is 120 Å². The predicted molar refractivity (Wildman–Crippen MR) is 79.6 cm³/mol. The molecule has 94 valence electrons. The smallest absolute Gasteiger partial charge is 0.119 e. The zero-order valence-electron chi connectivity index (χ0n) is 9.70. The Morgan fingerprint density at radius 1 is 1.00 bits per heavy atom. The lowest BCUT2D eigenvalue weighted by molar-refractivity contribution is 0.333. The first-order valence-corrected chi connectivity index (χ1v) is 6.79. The molecule has 2 nitrogen and oxygen atoms in total.